The molecule has 2 N–H and O–H groups in total. The first kappa shape index (κ1) is 23.3. The molecule has 0 heterocycles. The Labute approximate surface area is 151 Å². The van der Waals surface area contributed by atoms with E-state index in [-0.39, 0.29) is 6.10 Å². The Bertz CT molecular complexity index is 424. The van der Waals surface area contributed by atoms with E-state index in [9.17, 15) is 4.79 Å². The molecule has 0 spiro atoms. The molecule has 5 nitrogen and oxygen atoms in total. The predicted octanol–water partition coefficient (Wildman–Crippen LogP) is 5.62. The van der Waals surface area contributed by atoms with Crippen molar-refractivity contribution in [3.63, 3.8) is 0 Å². The Kier molecular flexibility index (Phi) is 17.4. The van der Waals surface area contributed by atoms with Gasteiger partial charge >= 0.3 is 5.97 Å². The Balaban J connectivity index is 3.67. The summed E-state index contributed by atoms with van der Waals surface area (Å²) >= 11 is 0. The van der Waals surface area contributed by atoms with E-state index in [1.807, 2.05) is 18.2 Å². The van der Waals surface area contributed by atoms with Crippen LogP contribution in [0.25, 0.3) is 0 Å². The number of allylic oxidation sites excluding steroid dienone is 7. The summed E-state index contributed by atoms with van der Waals surface area (Å²) < 4.78 is 0. The van der Waals surface area contributed by atoms with Gasteiger partial charge in [0, 0.05) is 6.08 Å². The summed E-state index contributed by atoms with van der Waals surface area (Å²) in [6, 6.07) is 0. The number of rotatable bonds is 16. The molecule has 1 unspecified atom stereocenters. The van der Waals surface area contributed by atoms with Crippen LogP contribution in [0.2, 0.25) is 0 Å². The van der Waals surface area contributed by atoms with Gasteiger partial charge in [0.1, 0.15) is 0 Å². The van der Waals surface area contributed by atoms with E-state index in [2.05, 4.69) is 18.0 Å². The first-order valence-electron chi connectivity index (χ1n) is 9.07. The quantitative estimate of drug-likeness (QED) is 0.124. The minimum absolute atomic E-state index is 0.0167. The lowest BCUT2D eigenvalue weighted by Crippen LogP contribution is -2.12. The van der Waals surface area contributed by atoms with Gasteiger partial charge in [-0.25, -0.2) is 14.9 Å². The molecule has 0 fully saturated rings. The normalized spacial score (nSPS) is 13.7. The van der Waals surface area contributed by atoms with Crippen LogP contribution in [-0.2, 0) is 14.7 Å². The van der Waals surface area contributed by atoms with Crippen LogP contribution in [0.3, 0.4) is 0 Å². The zero-order chi connectivity index (χ0) is 18.6. The van der Waals surface area contributed by atoms with Crippen LogP contribution in [0.15, 0.2) is 48.6 Å². The maximum absolute atomic E-state index is 10.2. The molecular formula is C20H32O5. The highest BCUT2D eigenvalue weighted by Crippen LogP contribution is 2.15. The van der Waals surface area contributed by atoms with Crippen molar-refractivity contribution in [3.8, 4) is 0 Å². The predicted molar refractivity (Wildman–Crippen MR) is 100 cm³/mol. The van der Waals surface area contributed by atoms with Gasteiger partial charge in [-0.05, 0) is 25.7 Å². The standard InChI is InChI=1S/C20H32O5/c1-2-3-13-16-19(24-25-23)17-14-11-9-7-5-4-6-8-10-12-15-18-20(21)22/h4-6,8,10,12,15,18-19,23H,2-3,7,9,11,13-14,16-17H2,1H3,(H,21,22)/b5-4+,8-6+,12-10+,18-15+. The molecule has 0 saturated carbocycles. The number of hydrogen-bond acceptors (Lipinski definition) is 4. The van der Waals surface area contributed by atoms with E-state index in [1.54, 1.807) is 12.2 Å². The Morgan fingerprint density at radius 3 is 2.20 bits per heavy atom. The number of carboxylic acid groups (broad SMARTS) is 1. The van der Waals surface area contributed by atoms with Gasteiger partial charge in [-0.1, -0.05) is 86.6 Å². The fourth-order valence-corrected chi connectivity index (χ4v) is 2.30. The topological polar surface area (TPSA) is 76.0 Å². The van der Waals surface area contributed by atoms with Gasteiger partial charge in [-0.3, -0.25) is 0 Å². The first-order valence-corrected chi connectivity index (χ1v) is 9.07. The Hall–Kier alpha value is -1.69. The van der Waals surface area contributed by atoms with Crippen LogP contribution in [0.1, 0.15) is 64.7 Å². The molecule has 25 heavy (non-hydrogen) atoms. The van der Waals surface area contributed by atoms with E-state index in [4.69, 9.17) is 15.3 Å². The van der Waals surface area contributed by atoms with Crippen molar-refractivity contribution in [1.29, 1.82) is 0 Å². The molecule has 0 bridgehead atoms. The highest BCUT2D eigenvalue weighted by Gasteiger charge is 2.09. The van der Waals surface area contributed by atoms with E-state index in [1.165, 1.54) is 18.9 Å². The van der Waals surface area contributed by atoms with Crippen molar-refractivity contribution in [2.45, 2.75) is 70.8 Å². The molecule has 0 aliphatic heterocycles. The van der Waals surface area contributed by atoms with Crippen molar-refractivity contribution in [2.75, 3.05) is 0 Å². The molecule has 0 saturated heterocycles. The molecule has 0 rings (SSSR count). The van der Waals surface area contributed by atoms with Gasteiger partial charge in [0.15, 0.2) is 0 Å². The van der Waals surface area contributed by atoms with Crippen molar-refractivity contribution < 1.29 is 25.1 Å². The van der Waals surface area contributed by atoms with Crippen LogP contribution >= 0.6 is 0 Å². The Morgan fingerprint density at radius 1 is 0.920 bits per heavy atom. The summed E-state index contributed by atoms with van der Waals surface area (Å²) in [6.45, 7) is 2.16. The minimum atomic E-state index is -0.948. The largest absolute Gasteiger partial charge is 0.478 e. The van der Waals surface area contributed by atoms with Crippen LogP contribution < -0.4 is 0 Å². The van der Waals surface area contributed by atoms with Gasteiger partial charge in [0.05, 0.1) is 6.10 Å². The molecular weight excluding hydrogens is 320 g/mol. The van der Waals surface area contributed by atoms with Crippen LogP contribution in [0.5, 0.6) is 0 Å². The third-order valence-electron chi connectivity index (χ3n) is 3.64. The Morgan fingerprint density at radius 2 is 1.56 bits per heavy atom. The molecule has 0 aromatic carbocycles. The zero-order valence-corrected chi connectivity index (χ0v) is 15.2. The summed E-state index contributed by atoms with van der Waals surface area (Å²) in [6.07, 6.45) is 23.5. The second kappa shape index (κ2) is 18.6. The van der Waals surface area contributed by atoms with Gasteiger partial charge in [0.2, 0.25) is 0 Å². The van der Waals surface area contributed by atoms with Gasteiger partial charge in [0.25, 0.3) is 0 Å². The summed E-state index contributed by atoms with van der Waals surface area (Å²) in [4.78, 5) is 15.1. The fraction of sp³-hybridized carbons (Fsp3) is 0.550. The SMILES string of the molecule is CCCCCC(CCCCC/C=C/C=C/C=C/C=C/C(=O)O)OOO. The van der Waals surface area contributed by atoms with Gasteiger partial charge in [-0.2, -0.15) is 0 Å². The number of hydrogen-bond donors (Lipinski definition) is 2. The maximum atomic E-state index is 10.2. The third kappa shape index (κ3) is 18.5. The van der Waals surface area contributed by atoms with Crippen LogP contribution in [0.4, 0.5) is 0 Å². The molecule has 0 aromatic rings. The van der Waals surface area contributed by atoms with Gasteiger partial charge < -0.3 is 5.11 Å². The fourth-order valence-electron chi connectivity index (χ4n) is 2.30. The molecule has 142 valence electrons. The monoisotopic (exact) mass is 352 g/mol. The summed E-state index contributed by atoms with van der Waals surface area (Å²) in [5.74, 6) is -0.948. The second-order valence-corrected chi connectivity index (χ2v) is 5.82. The van der Waals surface area contributed by atoms with E-state index in [0.29, 0.717) is 0 Å². The van der Waals surface area contributed by atoms with Crippen LogP contribution in [0, 0.1) is 0 Å². The van der Waals surface area contributed by atoms with Crippen LogP contribution in [-0.4, -0.2) is 22.4 Å². The molecule has 0 amide bonds. The zero-order valence-electron chi connectivity index (χ0n) is 15.2. The molecule has 0 radical (unpaired) electrons. The molecule has 0 aliphatic carbocycles. The van der Waals surface area contributed by atoms with Crippen molar-refractivity contribution >= 4 is 5.97 Å². The summed E-state index contributed by atoms with van der Waals surface area (Å²) in [7, 11) is 0. The van der Waals surface area contributed by atoms with Crippen molar-refractivity contribution in [2.24, 2.45) is 0 Å². The molecule has 0 aliphatic rings. The summed E-state index contributed by atoms with van der Waals surface area (Å²) in [5, 5.41) is 20.7. The second-order valence-electron chi connectivity index (χ2n) is 5.82. The lowest BCUT2D eigenvalue weighted by atomic mass is 10.0. The van der Waals surface area contributed by atoms with E-state index in [0.717, 1.165) is 51.0 Å². The highest BCUT2D eigenvalue weighted by atomic mass is 17.5. The molecule has 0 aromatic heterocycles. The van der Waals surface area contributed by atoms with Crippen molar-refractivity contribution in [1.82, 2.24) is 0 Å². The minimum Gasteiger partial charge on any atom is -0.478 e. The average molecular weight is 352 g/mol. The van der Waals surface area contributed by atoms with Crippen molar-refractivity contribution in [3.05, 3.63) is 48.6 Å². The lowest BCUT2D eigenvalue weighted by molar-refractivity contribution is -0.507. The van der Waals surface area contributed by atoms with Gasteiger partial charge in [-0.15, -0.1) is 0 Å². The maximum Gasteiger partial charge on any atom is 0.328 e. The third-order valence-corrected chi connectivity index (χ3v) is 3.64. The number of unbranched alkanes of at least 4 members (excludes halogenated alkanes) is 5. The smallest absolute Gasteiger partial charge is 0.328 e. The number of carbonyl (C=O) groups is 1. The highest BCUT2D eigenvalue weighted by molar-refractivity contribution is 5.80. The number of carboxylic acids is 1. The molecule has 1 atom stereocenters. The summed E-state index contributed by atoms with van der Waals surface area (Å²) in [5.41, 5.74) is 0. The number of aliphatic carboxylic acids is 1. The first-order chi connectivity index (χ1) is 12.2. The van der Waals surface area contributed by atoms with E-state index < -0.39 is 5.97 Å². The lowest BCUT2D eigenvalue weighted by Gasteiger charge is -2.13. The average Bonchev–Trinajstić information content (AvgIpc) is 2.58. The van der Waals surface area contributed by atoms with E-state index >= 15 is 0 Å². The molecule has 5 heteroatoms.